The first-order chi connectivity index (χ1) is 9.56. The number of carbonyl (C=O) groups excluding carboxylic acids is 1. The lowest BCUT2D eigenvalue weighted by Crippen LogP contribution is -2.36. The molecule has 1 fully saturated rings. The number of benzene rings is 1. The lowest BCUT2D eigenvalue weighted by Gasteiger charge is -2.25. The topological polar surface area (TPSA) is 64.8 Å². The van der Waals surface area contributed by atoms with Crippen LogP contribution in [-0.4, -0.2) is 30.2 Å². The van der Waals surface area contributed by atoms with Crippen molar-refractivity contribution in [2.45, 2.75) is 32.7 Å². The predicted molar refractivity (Wildman–Crippen MR) is 75.9 cm³/mol. The van der Waals surface area contributed by atoms with Gasteiger partial charge in [0.1, 0.15) is 0 Å². The quantitative estimate of drug-likeness (QED) is 0.857. The second-order valence-corrected chi connectivity index (χ2v) is 5.88. The van der Waals surface area contributed by atoms with Crippen molar-refractivity contribution in [2.24, 2.45) is 5.92 Å². The van der Waals surface area contributed by atoms with Crippen molar-refractivity contribution < 1.29 is 14.3 Å². The van der Waals surface area contributed by atoms with Gasteiger partial charge in [-0.1, -0.05) is 13.8 Å². The van der Waals surface area contributed by atoms with E-state index in [1.54, 1.807) is 12.1 Å². The highest BCUT2D eigenvalue weighted by Crippen LogP contribution is 2.37. The molecular formula is C15H20N2O3. The molecule has 1 amide bonds. The number of hydrogen-bond acceptors (Lipinski definition) is 4. The molecule has 1 aliphatic carbocycles. The fourth-order valence-corrected chi connectivity index (χ4v) is 2.48. The van der Waals surface area contributed by atoms with E-state index in [4.69, 9.17) is 15.2 Å². The molecule has 3 rings (SSSR count). The zero-order chi connectivity index (χ0) is 14.3. The summed E-state index contributed by atoms with van der Waals surface area (Å²) >= 11 is 0. The summed E-state index contributed by atoms with van der Waals surface area (Å²) < 4.78 is 10.6. The van der Waals surface area contributed by atoms with Crippen LogP contribution in [0.4, 0.5) is 5.69 Å². The number of fused-ring (bicyclic) bond motifs is 1. The summed E-state index contributed by atoms with van der Waals surface area (Å²) in [6.07, 6.45) is 2.17. The monoisotopic (exact) mass is 276 g/mol. The van der Waals surface area contributed by atoms with Gasteiger partial charge in [-0.2, -0.15) is 0 Å². The Bertz CT molecular complexity index is 538. The summed E-state index contributed by atoms with van der Waals surface area (Å²) in [5, 5.41) is 0. The van der Waals surface area contributed by atoms with Crippen LogP contribution in [0.3, 0.4) is 0 Å². The summed E-state index contributed by atoms with van der Waals surface area (Å²) in [6.45, 7) is 5.18. The number of nitrogens with two attached hydrogens (primary N) is 1. The summed E-state index contributed by atoms with van der Waals surface area (Å²) in [6, 6.07) is 3.75. The molecule has 2 aliphatic rings. The van der Waals surface area contributed by atoms with Gasteiger partial charge in [0.2, 0.25) is 6.79 Å². The van der Waals surface area contributed by atoms with E-state index in [2.05, 4.69) is 13.8 Å². The first kappa shape index (κ1) is 13.1. The number of amides is 1. The van der Waals surface area contributed by atoms with Crippen LogP contribution in [0.25, 0.3) is 0 Å². The van der Waals surface area contributed by atoms with Crippen LogP contribution in [0.1, 0.15) is 37.0 Å². The van der Waals surface area contributed by atoms with Crippen molar-refractivity contribution in [1.82, 2.24) is 4.90 Å². The minimum absolute atomic E-state index is 0.00278. The molecule has 5 nitrogen and oxygen atoms in total. The maximum atomic E-state index is 12.7. The predicted octanol–water partition coefficient (Wildman–Crippen LogP) is 2.26. The fourth-order valence-electron chi connectivity index (χ4n) is 2.48. The van der Waals surface area contributed by atoms with Crippen LogP contribution in [0, 0.1) is 5.92 Å². The van der Waals surface area contributed by atoms with Crippen molar-refractivity contribution in [3.63, 3.8) is 0 Å². The number of ether oxygens (including phenoxy) is 2. The van der Waals surface area contributed by atoms with Gasteiger partial charge in [0.15, 0.2) is 11.5 Å². The average molecular weight is 276 g/mol. The first-order valence-corrected chi connectivity index (χ1v) is 7.06. The molecule has 1 saturated carbocycles. The van der Waals surface area contributed by atoms with E-state index in [1.165, 1.54) is 0 Å². The van der Waals surface area contributed by atoms with Gasteiger partial charge in [0, 0.05) is 24.3 Å². The molecular weight excluding hydrogens is 256 g/mol. The van der Waals surface area contributed by atoms with Crippen molar-refractivity contribution in [3.8, 4) is 11.5 Å². The lowest BCUT2D eigenvalue weighted by molar-refractivity contribution is 0.0723. The van der Waals surface area contributed by atoms with Gasteiger partial charge in [-0.25, -0.2) is 0 Å². The Morgan fingerprint density at radius 1 is 1.35 bits per heavy atom. The highest BCUT2D eigenvalue weighted by atomic mass is 16.7. The highest BCUT2D eigenvalue weighted by molar-refractivity contribution is 6.00. The third kappa shape index (κ3) is 2.40. The van der Waals surface area contributed by atoms with Crippen LogP contribution in [0.15, 0.2) is 12.1 Å². The van der Waals surface area contributed by atoms with Gasteiger partial charge in [0.05, 0.1) is 5.56 Å². The molecule has 5 heteroatoms. The molecule has 0 radical (unpaired) electrons. The van der Waals surface area contributed by atoms with E-state index in [1.807, 2.05) is 4.90 Å². The maximum Gasteiger partial charge on any atom is 0.256 e. The molecule has 108 valence electrons. The standard InChI is InChI=1S/C15H20N2O3/c1-9(2)7-17(10-3-4-10)15(18)11-5-13-14(6-12(11)16)20-8-19-13/h5-6,9-10H,3-4,7-8,16H2,1-2H3. The molecule has 0 saturated heterocycles. The van der Waals surface area contributed by atoms with Gasteiger partial charge in [-0.15, -0.1) is 0 Å². The van der Waals surface area contributed by atoms with Crippen molar-refractivity contribution in [3.05, 3.63) is 17.7 Å². The first-order valence-electron chi connectivity index (χ1n) is 7.06. The molecule has 1 aromatic carbocycles. The van der Waals surface area contributed by atoms with E-state index in [-0.39, 0.29) is 12.7 Å². The number of nitrogen functional groups attached to an aromatic ring is 1. The van der Waals surface area contributed by atoms with Gasteiger partial charge in [0.25, 0.3) is 5.91 Å². The van der Waals surface area contributed by atoms with Gasteiger partial charge >= 0.3 is 0 Å². The van der Waals surface area contributed by atoms with Crippen molar-refractivity contribution in [2.75, 3.05) is 19.1 Å². The summed E-state index contributed by atoms with van der Waals surface area (Å²) in [7, 11) is 0. The lowest BCUT2D eigenvalue weighted by atomic mass is 10.1. The van der Waals surface area contributed by atoms with Crippen molar-refractivity contribution >= 4 is 11.6 Å². The van der Waals surface area contributed by atoms with Crippen LogP contribution in [0.5, 0.6) is 11.5 Å². The molecule has 0 unspecified atom stereocenters. The van der Waals surface area contributed by atoms with Gasteiger partial charge in [-0.05, 0) is 24.8 Å². The minimum Gasteiger partial charge on any atom is -0.454 e. The Balaban J connectivity index is 1.89. The molecule has 1 heterocycles. The second-order valence-electron chi connectivity index (χ2n) is 5.88. The Kier molecular flexibility index (Phi) is 3.20. The molecule has 0 bridgehead atoms. The van der Waals surface area contributed by atoms with Crippen molar-refractivity contribution in [1.29, 1.82) is 0 Å². The molecule has 2 N–H and O–H groups in total. The Hall–Kier alpha value is -1.91. The molecule has 1 aromatic rings. The molecule has 20 heavy (non-hydrogen) atoms. The fraction of sp³-hybridized carbons (Fsp3) is 0.533. The smallest absolute Gasteiger partial charge is 0.256 e. The van der Waals surface area contributed by atoms with Crippen LogP contribution in [0.2, 0.25) is 0 Å². The number of nitrogens with zero attached hydrogens (tertiary/aromatic N) is 1. The van der Waals surface area contributed by atoms with E-state index in [9.17, 15) is 4.79 Å². The Labute approximate surface area is 118 Å². The van der Waals surface area contributed by atoms with Crippen LogP contribution in [-0.2, 0) is 0 Å². The molecule has 0 atom stereocenters. The third-order valence-corrected chi connectivity index (χ3v) is 3.59. The van der Waals surface area contributed by atoms with E-state index in [0.29, 0.717) is 34.7 Å². The minimum atomic E-state index is -0.00278. The zero-order valence-electron chi connectivity index (χ0n) is 11.9. The van der Waals surface area contributed by atoms with Gasteiger partial charge in [-0.3, -0.25) is 4.79 Å². The number of anilines is 1. The van der Waals surface area contributed by atoms with E-state index >= 15 is 0 Å². The molecule has 0 aromatic heterocycles. The second kappa shape index (κ2) is 4.89. The summed E-state index contributed by atoms with van der Waals surface area (Å²) in [5.41, 5.74) is 6.97. The summed E-state index contributed by atoms with van der Waals surface area (Å²) in [4.78, 5) is 14.7. The zero-order valence-corrected chi connectivity index (χ0v) is 11.9. The Morgan fingerprint density at radius 3 is 2.60 bits per heavy atom. The highest BCUT2D eigenvalue weighted by Gasteiger charge is 2.34. The summed E-state index contributed by atoms with van der Waals surface area (Å²) in [5.74, 6) is 1.65. The molecule has 0 spiro atoms. The normalized spacial score (nSPS) is 16.6. The average Bonchev–Trinajstić information content (AvgIpc) is 3.13. The maximum absolute atomic E-state index is 12.7. The number of rotatable bonds is 4. The van der Waals surface area contributed by atoms with Crippen LogP contribution < -0.4 is 15.2 Å². The molecule has 1 aliphatic heterocycles. The van der Waals surface area contributed by atoms with Gasteiger partial charge < -0.3 is 20.1 Å². The third-order valence-electron chi connectivity index (χ3n) is 3.59. The number of hydrogen-bond donors (Lipinski definition) is 1. The largest absolute Gasteiger partial charge is 0.454 e. The van der Waals surface area contributed by atoms with E-state index in [0.717, 1.165) is 19.4 Å². The van der Waals surface area contributed by atoms with E-state index < -0.39 is 0 Å². The van der Waals surface area contributed by atoms with Crippen LogP contribution >= 0.6 is 0 Å². The Morgan fingerprint density at radius 2 is 2.00 bits per heavy atom. The SMILES string of the molecule is CC(C)CN(C(=O)c1cc2c(cc1N)OCO2)C1CC1. The number of carbonyl (C=O) groups is 1.